The largest absolute Gasteiger partial charge is 0.500 e. The molecule has 0 unspecified atom stereocenters. The van der Waals surface area contributed by atoms with Gasteiger partial charge in [0.1, 0.15) is 0 Å². The van der Waals surface area contributed by atoms with Crippen LogP contribution in [-0.2, 0) is 17.7 Å². The van der Waals surface area contributed by atoms with Crippen LogP contribution in [0.4, 0.5) is 0 Å². The second-order valence-corrected chi connectivity index (χ2v) is 14.2. The van der Waals surface area contributed by atoms with Crippen molar-refractivity contribution in [2.24, 2.45) is 0 Å². The Bertz CT molecular complexity index is 241. The first-order valence-corrected chi connectivity index (χ1v) is 15.1. The molecule has 148 valence electrons. The van der Waals surface area contributed by atoms with Crippen molar-refractivity contribution in [1.29, 1.82) is 0 Å². The van der Waals surface area contributed by atoms with Gasteiger partial charge in [-0.15, -0.1) is 0 Å². The fraction of sp³-hybridized carbons (Fsp3) is 1.00. The van der Waals surface area contributed by atoms with Gasteiger partial charge >= 0.3 is 8.80 Å². The van der Waals surface area contributed by atoms with E-state index < -0.39 is 17.1 Å². The highest BCUT2D eigenvalue weighted by Gasteiger charge is 2.39. The summed E-state index contributed by atoms with van der Waals surface area (Å²) in [6.45, 7) is 16.8. The van der Waals surface area contributed by atoms with Crippen LogP contribution < -0.4 is 0 Å². The Kier molecular flexibility index (Phi) is 18.5. The van der Waals surface area contributed by atoms with Gasteiger partial charge < -0.3 is 17.7 Å². The van der Waals surface area contributed by atoms with Crippen LogP contribution >= 0.6 is 0 Å². The maximum absolute atomic E-state index is 5.83. The van der Waals surface area contributed by atoms with E-state index in [2.05, 4.69) is 26.6 Å². The molecule has 0 fully saturated rings. The summed E-state index contributed by atoms with van der Waals surface area (Å²) in [5.74, 6) is 0. The molecule has 0 atom stereocenters. The SMILES string of the molecule is CCCCCCCC[Si](OCC)(OCC)OCC.CO[Si](C)(C)C. The third-order valence-electron chi connectivity index (χ3n) is 3.54. The molecule has 0 spiro atoms. The third-order valence-corrected chi connectivity index (χ3v) is 7.92. The van der Waals surface area contributed by atoms with E-state index >= 15 is 0 Å². The third kappa shape index (κ3) is 17.1. The molecule has 0 heterocycles. The average Bonchev–Trinajstić information content (AvgIpc) is 2.51. The zero-order valence-corrected chi connectivity index (χ0v) is 19.7. The van der Waals surface area contributed by atoms with Crippen LogP contribution in [-0.4, -0.2) is 44.1 Å². The summed E-state index contributed by atoms with van der Waals surface area (Å²) in [5, 5.41) is 0. The van der Waals surface area contributed by atoms with Crippen molar-refractivity contribution in [3.63, 3.8) is 0 Å². The first-order chi connectivity index (χ1) is 11.3. The van der Waals surface area contributed by atoms with Gasteiger partial charge in [0.05, 0.1) is 0 Å². The normalized spacial score (nSPS) is 12.0. The lowest BCUT2D eigenvalue weighted by molar-refractivity contribution is 0.0706. The highest BCUT2D eigenvalue weighted by Crippen LogP contribution is 2.20. The van der Waals surface area contributed by atoms with E-state index in [0.29, 0.717) is 19.8 Å². The van der Waals surface area contributed by atoms with Crippen LogP contribution in [0.2, 0.25) is 25.7 Å². The first kappa shape index (κ1) is 26.5. The predicted octanol–water partition coefficient (Wildman–Crippen LogP) is 5.86. The van der Waals surface area contributed by atoms with Gasteiger partial charge in [0.2, 0.25) is 0 Å². The molecular formula is C18H44O4Si2. The van der Waals surface area contributed by atoms with Crippen molar-refractivity contribution in [3.8, 4) is 0 Å². The monoisotopic (exact) mass is 380 g/mol. The molecule has 0 bridgehead atoms. The van der Waals surface area contributed by atoms with Crippen LogP contribution in [0.5, 0.6) is 0 Å². The summed E-state index contributed by atoms with van der Waals surface area (Å²) >= 11 is 0. The molecule has 0 saturated heterocycles. The topological polar surface area (TPSA) is 36.9 Å². The van der Waals surface area contributed by atoms with Crippen LogP contribution in [0.1, 0.15) is 66.2 Å². The minimum atomic E-state index is -2.36. The van der Waals surface area contributed by atoms with Gasteiger partial charge in [-0.25, -0.2) is 0 Å². The molecule has 0 N–H and O–H groups in total. The highest BCUT2D eigenvalue weighted by molar-refractivity contribution is 6.69. The van der Waals surface area contributed by atoms with Gasteiger partial charge in [-0.2, -0.15) is 0 Å². The fourth-order valence-electron chi connectivity index (χ4n) is 2.12. The van der Waals surface area contributed by atoms with E-state index in [4.69, 9.17) is 17.7 Å². The van der Waals surface area contributed by atoms with Crippen molar-refractivity contribution in [2.75, 3.05) is 26.9 Å². The summed E-state index contributed by atoms with van der Waals surface area (Å²) < 4.78 is 22.6. The molecule has 0 aliphatic heterocycles. The standard InChI is InChI=1S/C14H32O3Si.C4H12OSi/c1-5-9-10-11-12-13-14-18(15-6-2,16-7-3)17-8-4;1-5-6(2,3)4/h5-14H2,1-4H3;1-4H3. The molecule has 4 nitrogen and oxygen atoms in total. The maximum atomic E-state index is 5.83. The Balaban J connectivity index is 0. The van der Waals surface area contributed by atoms with Crippen molar-refractivity contribution in [3.05, 3.63) is 0 Å². The zero-order valence-electron chi connectivity index (χ0n) is 17.7. The van der Waals surface area contributed by atoms with Gasteiger partial charge in [-0.05, 0) is 46.8 Å². The summed E-state index contributed by atoms with van der Waals surface area (Å²) in [6.07, 6.45) is 7.75. The summed E-state index contributed by atoms with van der Waals surface area (Å²) in [7, 11) is -1.73. The van der Waals surface area contributed by atoms with E-state index in [1.54, 1.807) is 7.11 Å². The van der Waals surface area contributed by atoms with E-state index in [-0.39, 0.29) is 0 Å². The van der Waals surface area contributed by atoms with Crippen molar-refractivity contribution < 1.29 is 17.7 Å². The number of hydrogen-bond acceptors (Lipinski definition) is 4. The van der Waals surface area contributed by atoms with E-state index in [1.807, 2.05) is 20.8 Å². The van der Waals surface area contributed by atoms with Gasteiger partial charge in [0.25, 0.3) is 0 Å². The zero-order chi connectivity index (χ0) is 18.9. The summed E-state index contributed by atoms with van der Waals surface area (Å²) in [4.78, 5) is 0. The second-order valence-electron chi connectivity index (χ2n) is 6.82. The fourth-order valence-corrected chi connectivity index (χ4v) is 4.81. The number of hydrogen-bond donors (Lipinski definition) is 0. The summed E-state index contributed by atoms with van der Waals surface area (Å²) in [6, 6.07) is 0.967. The molecule has 0 rings (SSSR count). The molecule has 0 saturated carbocycles. The van der Waals surface area contributed by atoms with E-state index in [0.717, 1.165) is 12.5 Å². The second kappa shape index (κ2) is 16.7. The molecule has 0 aromatic carbocycles. The van der Waals surface area contributed by atoms with Crippen LogP contribution in [0.15, 0.2) is 0 Å². The number of unbranched alkanes of at least 4 members (excludes halogenated alkanes) is 5. The van der Waals surface area contributed by atoms with Crippen LogP contribution in [0.3, 0.4) is 0 Å². The maximum Gasteiger partial charge on any atom is 0.500 e. The Hall–Kier alpha value is 0.274. The number of rotatable bonds is 14. The minimum absolute atomic E-state index is 0.683. The Morgan fingerprint density at radius 2 is 1.00 bits per heavy atom. The molecular weight excluding hydrogens is 336 g/mol. The quantitative estimate of drug-likeness (QED) is 0.279. The lowest BCUT2D eigenvalue weighted by atomic mass is 10.1. The van der Waals surface area contributed by atoms with Crippen molar-refractivity contribution >= 4 is 17.1 Å². The molecule has 24 heavy (non-hydrogen) atoms. The first-order valence-electron chi connectivity index (χ1n) is 9.77. The minimum Gasteiger partial charge on any atom is -0.421 e. The Labute approximate surface area is 154 Å². The molecule has 0 radical (unpaired) electrons. The predicted molar refractivity (Wildman–Crippen MR) is 109 cm³/mol. The molecule has 0 aliphatic rings. The van der Waals surface area contributed by atoms with Gasteiger partial charge in [0, 0.05) is 33.0 Å². The molecule has 0 aromatic heterocycles. The molecule has 0 aliphatic carbocycles. The van der Waals surface area contributed by atoms with Gasteiger partial charge in [-0.3, -0.25) is 0 Å². The van der Waals surface area contributed by atoms with E-state index in [9.17, 15) is 0 Å². The molecule has 6 heteroatoms. The highest BCUT2D eigenvalue weighted by atomic mass is 28.4. The lowest BCUT2D eigenvalue weighted by Gasteiger charge is -2.28. The average molecular weight is 381 g/mol. The van der Waals surface area contributed by atoms with Crippen molar-refractivity contribution in [1.82, 2.24) is 0 Å². The van der Waals surface area contributed by atoms with Gasteiger partial charge in [-0.1, -0.05) is 39.0 Å². The van der Waals surface area contributed by atoms with Crippen LogP contribution in [0, 0.1) is 0 Å². The summed E-state index contributed by atoms with van der Waals surface area (Å²) in [5.41, 5.74) is 0. The lowest BCUT2D eigenvalue weighted by Crippen LogP contribution is -2.45. The molecule has 0 amide bonds. The van der Waals surface area contributed by atoms with Crippen LogP contribution in [0.25, 0.3) is 0 Å². The van der Waals surface area contributed by atoms with E-state index in [1.165, 1.54) is 32.1 Å². The Morgan fingerprint density at radius 1 is 0.625 bits per heavy atom. The van der Waals surface area contributed by atoms with Crippen molar-refractivity contribution in [2.45, 2.75) is 91.9 Å². The van der Waals surface area contributed by atoms with Gasteiger partial charge in [0.15, 0.2) is 8.32 Å². The smallest absolute Gasteiger partial charge is 0.421 e. The Morgan fingerprint density at radius 3 is 1.33 bits per heavy atom. The molecule has 0 aromatic rings.